The van der Waals surface area contributed by atoms with E-state index in [4.69, 9.17) is 4.74 Å². The number of fused-ring (bicyclic) bond motifs is 1. The Hall–Kier alpha value is -3.46. The third-order valence-electron chi connectivity index (χ3n) is 5.55. The summed E-state index contributed by atoms with van der Waals surface area (Å²) >= 11 is 0. The molecule has 9 heteroatoms. The van der Waals surface area contributed by atoms with E-state index in [0.717, 1.165) is 11.2 Å². The number of ether oxygens (including phenoxy) is 1. The topological polar surface area (TPSA) is 90.8 Å². The maximum absolute atomic E-state index is 13.7. The van der Waals surface area contributed by atoms with E-state index in [1.165, 1.54) is 6.07 Å². The second-order valence-electron chi connectivity index (χ2n) is 7.81. The Labute approximate surface area is 185 Å². The van der Waals surface area contributed by atoms with Gasteiger partial charge in [0, 0.05) is 44.1 Å². The molecule has 0 saturated carbocycles. The monoisotopic (exact) mass is 439 g/mol. The van der Waals surface area contributed by atoms with Crippen molar-refractivity contribution < 1.29 is 19.0 Å². The second kappa shape index (κ2) is 9.35. The molecule has 8 nitrogen and oxygen atoms in total. The van der Waals surface area contributed by atoms with Gasteiger partial charge in [0.1, 0.15) is 11.3 Å². The van der Waals surface area contributed by atoms with E-state index in [0.29, 0.717) is 35.7 Å². The fourth-order valence-corrected chi connectivity index (χ4v) is 3.73. The molecule has 3 aromatic rings. The summed E-state index contributed by atoms with van der Waals surface area (Å²) in [6.45, 7) is 3.38. The number of carbonyl (C=O) groups is 1. The number of β-amino-alcohol motifs (C(OH)–C–C–N with tert-alkyl or cyclic N) is 1. The molecule has 0 spiro atoms. The average Bonchev–Trinajstić information content (AvgIpc) is 2.80. The number of rotatable bonds is 7. The summed E-state index contributed by atoms with van der Waals surface area (Å²) in [6, 6.07) is 10.3. The highest BCUT2D eigenvalue weighted by atomic mass is 19.1. The fraction of sp³-hybridized carbons (Fsp3) is 0.348. The first-order valence-corrected chi connectivity index (χ1v) is 10.4. The molecule has 4 rings (SSSR count). The molecule has 1 aliphatic heterocycles. The van der Waals surface area contributed by atoms with Crippen LogP contribution in [0.15, 0.2) is 42.6 Å². The van der Waals surface area contributed by atoms with Crippen molar-refractivity contribution in [2.75, 3.05) is 50.1 Å². The Kier molecular flexibility index (Phi) is 6.36. The quantitative estimate of drug-likeness (QED) is 0.583. The zero-order chi connectivity index (χ0) is 22.7. The van der Waals surface area contributed by atoms with Crippen LogP contribution in [0.5, 0.6) is 5.88 Å². The summed E-state index contributed by atoms with van der Waals surface area (Å²) in [4.78, 5) is 25.2. The van der Waals surface area contributed by atoms with Crippen LogP contribution >= 0.6 is 0 Å². The molecule has 0 bridgehead atoms. The van der Waals surface area contributed by atoms with Gasteiger partial charge in [-0.05, 0) is 36.8 Å². The van der Waals surface area contributed by atoms with E-state index in [1.807, 2.05) is 17.0 Å². The number of aryl methyl sites for hydroxylation is 1. The van der Waals surface area contributed by atoms with Gasteiger partial charge in [-0.1, -0.05) is 6.07 Å². The molecule has 1 fully saturated rings. The minimum absolute atomic E-state index is 0.0791. The number of aliphatic hydroxyl groups excluding tert-OH is 1. The number of nitrogens with one attached hydrogen (secondary N) is 1. The van der Waals surface area contributed by atoms with Crippen LogP contribution in [0.25, 0.3) is 11.0 Å². The van der Waals surface area contributed by atoms with Gasteiger partial charge in [0.25, 0.3) is 0 Å². The maximum atomic E-state index is 13.7. The lowest BCUT2D eigenvalue weighted by Gasteiger charge is -2.36. The Morgan fingerprint density at radius 2 is 2.09 bits per heavy atom. The Bertz CT molecular complexity index is 1130. The summed E-state index contributed by atoms with van der Waals surface area (Å²) in [5.41, 5.74) is 3.39. The number of pyridine rings is 2. The van der Waals surface area contributed by atoms with Crippen molar-refractivity contribution in [3.63, 3.8) is 0 Å². The Morgan fingerprint density at radius 1 is 1.25 bits per heavy atom. The normalized spacial score (nSPS) is 15.2. The Balaban J connectivity index is 1.37. The summed E-state index contributed by atoms with van der Waals surface area (Å²) in [6.07, 6.45) is 0.925. The molecule has 2 N–H and O–H groups in total. The van der Waals surface area contributed by atoms with Gasteiger partial charge >= 0.3 is 0 Å². The summed E-state index contributed by atoms with van der Waals surface area (Å²) in [7, 11) is 1.56. The lowest BCUT2D eigenvalue weighted by atomic mass is 10.2. The van der Waals surface area contributed by atoms with Crippen molar-refractivity contribution in [2.45, 2.75) is 13.0 Å². The van der Waals surface area contributed by atoms with Crippen LogP contribution in [0.2, 0.25) is 0 Å². The molecule has 168 valence electrons. The number of amides is 1. The van der Waals surface area contributed by atoms with Gasteiger partial charge in [-0.3, -0.25) is 9.78 Å². The number of nitrogens with zero attached hydrogens (tertiary/aromatic N) is 4. The highest BCUT2D eigenvalue weighted by Gasteiger charge is 2.27. The molecule has 1 amide bonds. The number of anilines is 2. The number of carbonyl (C=O) groups excluding carboxylic acids is 1. The number of benzene rings is 1. The third-order valence-corrected chi connectivity index (χ3v) is 5.55. The molecule has 0 aliphatic carbocycles. The van der Waals surface area contributed by atoms with Gasteiger partial charge in [-0.15, -0.1) is 0 Å². The minimum atomic E-state index is -0.775. The van der Waals surface area contributed by atoms with Crippen molar-refractivity contribution in [2.24, 2.45) is 0 Å². The number of hydrogen-bond acceptors (Lipinski definition) is 7. The van der Waals surface area contributed by atoms with Gasteiger partial charge in [0.2, 0.25) is 11.8 Å². The smallest absolute Gasteiger partial charge is 0.242 e. The van der Waals surface area contributed by atoms with Crippen molar-refractivity contribution >= 4 is 28.3 Å². The fourth-order valence-electron chi connectivity index (χ4n) is 3.73. The standard InChI is InChI=1S/C23H26FN5O3/c1-15-3-4-16(11-18(15)24)26-12-17(30)13-29-10-9-28(14-22(29)31)20-7-8-25-19-5-6-21(32-2)27-23(19)20/h3-8,11,17,26,30H,9-10,12-14H2,1-2H3/t17-/m1/s1. The van der Waals surface area contributed by atoms with Crippen molar-refractivity contribution in [3.8, 4) is 5.88 Å². The largest absolute Gasteiger partial charge is 0.481 e. The first-order valence-electron chi connectivity index (χ1n) is 10.4. The molecule has 1 aliphatic rings. The zero-order valence-electron chi connectivity index (χ0n) is 18.1. The van der Waals surface area contributed by atoms with Gasteiger partial charge in [0.15, 0.2) is 0 Å². The van der Waals surface area contributed by atoms with Crippen LogP contribution in [0.3, 0.4) is 0 Å². The second-order valence-corrected chi connectivity index (χ2v) is 7.81. The number of halogens is 1. The van der Waals surface area contributed by atoms with Crippen LogP contribution in [0, 0.1) is 12.7 Å². The van der Waals surface area contributed by atoms with E-state index >= 15 is 0 Å². The number of piperazine rings is 1. The number of aromatic nitrogens is 2. The van der Waals surface area contributed by atoms with Crippen LogP contribution < -0.4 is 15.0 Å². The van der Waals surface area contributed by atoms with Gasteiger partial charge in [0.05, 0.1) is 31.0 Å². The Morgan fingerprint density at radius 3 is 2.84 bits per heavy atom. The third kappa shape index (κ3) is 4.72. The molecule has 1 saturated heterocycles. The van der Waals surface area contributed by atoms with Crippen LogP contribution in [-0.4, -0.2) is 71.8 Å². The average molecular weight is 439 g/mol. The summed E-state index contributed by atoms with van der Waals surface area (Å²) in [5, 5.41) is 13.4. The van der Waals surface area contributed by atoms with Gasteiger partial charge in [-0.25, -0.2) is 9.37 Å². The molecule has 0 radical (unpaired) electrons. The first-order chi connectivity index (χ1) is 15.4. The van der Waals surface area contributed by atoms with Crippen molar-refractivity contribution in [3.05, 3.63) is 54.0 Å². The van der Waals surface area contributed by atoms with E-state index in [1.54, 1.807) is 43.3 Å². The summed E-state index contributed by atoms with van der Waals surface area (Å²) in [5.74, 6) is 0.108. The van der Waals surface area contributed by atoms with Crippen LogP contribution in [0.4, 0.5) is 15.8 Å². The first kappa shape index (κ1) is 21.8. The van der Waals surface area contributed by atoms with E-state index in [2.05, 4.69) is 15.3 Å². The van der Waals surface area contributed by atoms with E-state index in [9.17, 15) is 14.3 Å². The SMILES string of the molecule is COc1ccc2nccc(N3CCN(C[C@H](O)CNc4ccc(C)c(F)c4)C(=O)C3)c2n1. The predicted octanol–water partition coefficient (Wildman–Crippen LogP) is 2.21. The molecule has 0 unspecified atom stereocenters. The van der Waals surface area contributed by atoms with Gasteiger partial charge in [-0.2, -0.15) is 0 Å². The highest BCUT2D eigenvalue weighted by molar-refractivity contribution is 5.91. The van der Waals surface area contributed by atoms with Crippen molar-refractivity contribution in [1.82, 2.24) is 14.9 Å². The maximum Gasteiger partial charge on any atom is 0.242 e. The van der Waals surface area contributed by atoms with E-state index < -0.39 is 6.10 Å². The zero-order valence-corrected chi connectivity index (χ0v) is 18.1. The molecular formula is C23H26FN5O3. The van der Waals surface area contributed by atoms with Crippen LogP contribution in [0.1, 0.15) is 5.56 Å². The lowest BCUT2D eigenvalue weighted by Crippen LogP contribution is -2.53. The number of aliphatic hydroxyl groups is 1. The molecule has 3 heterocycles. The highest BCUT2D eigenvalue weighted by Crippen LogP contribution is 2.26. The predicted molar refractivity (Wildman–Crippen MR) is 121 cm³/mol. The summed E-state index contributed by atoms with van der Waals surface area (Å²) < 4.78 is 18.9. The molecule has 1 aromatic carbocycles. The number of methoxy groups -OCH3 is 1. The van der Waals surface area contributed by atoms with Gasteiger partial charge < -0.3 is 25.0 Å². The van der Waals surface area contributed by atoms with E-state index in [-0.39, 0.29) is 31.4 Å². The van der Waals surface area contributed by atoms with Crippen LogP contribution in [-0.2, 0) is 4.79 Å². The number of hydrogen-bond donors (Lipinski definition) is 2. The van der Waals surface area contributed by atoms with Crippen molar-refractivity contribution in [1.29, 1.82) is 0 Å². The molecule has 2 aromatic heterocycles. The molecule has 1 atom stereocenters. The minimum Gasteiger partial charge on any atom is -0.481 e. The molecule has 32 heavy (non-hydrogen) atoms. The lowest BCUT2D eigenvalue weighted by molar-refractivity contribution is -0.132. The molecular weight excluding hydrogens is 413 g/mol.